The number of hydrogen-bond acceptors (Lipinski definition) is 4. The van der Waals surface area contributed by atoms with E-state index in [2.05, 4.69) is 17.9 Å². The molecule has 2 aromatic rings. The van der Waals surface area contributed by atoms with Crippen LogP contribution in [0.25, 0.3) is 11.1 Å². The quantitative estimate of drug-likeness (QED) is 0.597. The highest BCUT2D eigenvalue weighted by Crippen LogP contribution is 2.33. The van der Waals surface area contributed by atoms with E-state index in [9.17, 15) is 9.60 Å². The predicted molar refractivity (Wildman–Crippen MR) is 117 cm³/mol. The van der Waals surface area contributed by atoms with E-state index < -0.39 is 0 Å². The van der Waals surface area contributed by atoms with Crippen molar-refractivity contribution in [1.82, 2.24) is 10.0 Å². The molecule has 0 unspecified atom stereocenters. The van der Waals surface area contributed by atoms with Crippen LogP contribution in [0, 0.1) is 5.82 Å². The Balaban J connectivity index is 2.02. The maximum atomic E-state index is 13.5. The van der Waals surface area contributed by atoms with Gasteiger partial charge in [-0.25, -0.2) is 9.37 Å². The third-order valence-corrected chi connectivity index (χ3v) is 5.75. The van der Waals surface area contributed by atoms with Crippen LogP contribution in [0.15, 0.2) is 30.3 Å². The van der Waals surface area contributed by atoms with Crippen molar-refractivity contribution in [3.05, 3.63) is 47.4 Å². The first kappa shape index (κ1) is 21.7. The molecule has 0 atom stereocenters. The molecule has 5 heteroatoms. The average molecular weight is 400 g/mol. The van der Waals surface area contributed by atoms with E-state index in [1.54, 1.807) is 12.1 Å². The molecule has 0 fully saturated rings. The molecule has 0 aliphatic heterocycles. The van der Waals surface area contributed by atoms with Gasteiger partial charge in [0.25, 0.3) is 0 Å². The standard InChI is InChI=1S/C24H34FN3O/c1-3-15-27(16-17-28(29)4-2)24-18-22(19-11-13-20(25)14-12-19)21-9-7-5-6-8-10-23(21)26-24/h11-14,18,29H,3-10,15-17H2,1-2H3. The second-order valence-corrected chi connectivity index (χ2v) is 7.91. The number of nitrogens with zero attached hydrogens (tertiary/aromatic N) is 3. The van der Waals surface area contributed by atoms with Gasteiger partial charge in [0.1, 0.15) is 11.6 Å². The minimum atomic E-state index is -0.207. The van der Waals surface area contributed by atoms with Gasteiger partial charge in [0.2, 0.25) is 0 Å². The zero-order valence-electron chi connectivity index (χ0n) is 17.8. The number of halogens is 1. The Morgan fingerprint density at radius 3 is 2.38 bits per heavy atom. The fourth-order valence-corrected chi connectivity index (χ4v) is 4.10. The molecule has 1 aliphatic rings. The van der Waals surface area contributed by atoms with Crippen molar-refractivity contribution < 1.29 is 9.60 Å². The molecule has 1 aromatic heterocycles. The summed E-state index contributed by atoms with van der Waals surface area (Å²) < 4.78 is 13.5. The van der Waals surface area contributed by atoms with Crippen molar-refractivity contribution >= 4 is 5.82 Å². The molecule has 1 N–H and O–H groups in total. The lowest BCUT2D eigenvalue weighted by atomic mass is 9.90. The summed E-state index contributed by atoms with van der Waals surface area (Å²) >= 11 is 0. The largest absolute Gasteiger partial charge is 0.355 e. The van der Waals surface area contributed by atoms with E-state index in [1.807, 2.05) is 19.1 Å². The lowest BCUT2D eigenvalue weighted by Gasteiger charge is -2.28. The summed E-state index contributed by atoms with van der Waals surface area (Å²) in [4.78, 5) is 7.36. The van der Waals surface area contributed by atoms with Crippen LogP contribution in [0.1, 0.15) is 57.2 Å². The lowest BCUT2D eigenvalue weighted by Crippen LogP contribution is -2.34. The molecule has 0 saturated heterocycles. The zero-order valence-corrected chi connectivity index (χ0v) is 17.8. The summed E-state index contributed by atoms with van der Waals surface area (Å²) in [5, 5.41) is 11.2. The maximum Gasteiger partial charge on any atom is 0.129 e. The number of fused-ring (bicyclic) bond motifs is 1. The Bertz CT molecular complexity index is 778. The Morgan fingerprint density at radius 2 is 1.69 bits per heavy atom. The molecule has 1 heterocycles. The summed E-state index contributed by atoms with van der Waals surface area (Å²) in [5.41, 5.74) is 4.76. The summed E-state index contributed by atoms with van der Waals surface area (Å²) in [6.07, 6.45) is 7.91. The summed E-state index contributed by atoms with van der Waals surface area (Å²) in [7, 11) is 0. The molecule has 1 aromatic carbocycles. The number of hydroxylamine groups is 2. The van der Waals surface area contributed by atoms with Gasteiger partial charge in [0, 0.05) is 31.9 Å². The molecule has 29 heavy (non-hydrogen) atoms. The molecule has 1 aliphatic carbocycles. The topological polar surface area (TPSA) is 39.6 Å². The van der Waals surface area contributed by atoms with Crippen LogP contribution in [-0.4, -0.2) is 41.4 Å². The Kier molecular flexibility index (Phi) is 8.01. The first-order valence-corrected chi connectivity index (χ1v) is 11.1. The summed E-state index contributed by atoms with van der Waals surface area (Å²) in [6.45, 7) is 6.93. The van der Waals surface area contributed by atoms with Crippen LogP contribution < -0.4 is 4.90 Å². The second-order valence-electron chi connectivity index (χ2n) is 7.91. The normalized spacial score (nSPS) is 14.4. The van der Waals surface area contributed by atoms with Crippen molar-refractivity contribution in [1.29, 1.82) is 0 Å². The maximum absolute atomic E-state index is 13.5. The monoisotopic (exact) mass is 399 g/mol. The molecule has 0 amide bonds. The lowest BCUT2D eigenvalue weighted by molar-refractivity contribution is -0.0834. The first-order valence-electron chi connectivity index (χ1n) is 11.1. The minimum Gasteiger partial charge on any atom is -0.355 e. The molecule has 158 valence electrons. The molecule has 0 bridgehead atoms. The number of benzene rings is 1. The van der Waals surface area contributed by atoms with E-state index >= 15 is 0 Å². The van der Waals surface area contributed by atoms with Crippen LogP contribution >= 0.6 is 0 Å². The van der Waals surface area contributed by atoms with Crippen LogP contribution in [0.3, 0.4) is 0 Å². The third-order valence-electron chi connectivity index (χ3n) is 5.75. The Labute approximate surface area is 174 Å². The number of likely N-dealkylation sites (N-methyl/N-ethyl adjacent to an activating group) is 1. The van der Waals surface area contributed by atoms with Crippen LogP contribution in [0.5, 0.6) is 0 Å². The van der Waals surface area contributed by atoms with Gasteiger partial charge in [0.15, 0.2) is 0 Å². The van der Waals surface area contributed by atoms with Crippen LogP contribution in [-0.2, 0) is 12.8 Å². The summed E-state index contributed by atoms with van der Waals surface area (Å²) in [6, 6.07) is 9.02. The predicted octanol–water partition coefficient (Wildman–Crippen LogP) is 5.47. The number of pyridine rings is 1. The van der Waals surface area contributed by atoms with E-state index in [0.717, 1.165) is 43.7 Å². The fourth-order valence-electron chi connectivity index (χ4n) is 4.10. The highest BCUT2D eigenvalue weighted by molar-refractivity contribution is 5.71. The number of rotatable bonds is 8. The van der Waals surface area contributed by atoms with Crippen molar-refractivity contribution in [3.63, 3.8) is 0 Å². The van der Waals surface area contributed by atoms with Crippen LogP contribution in [0.4, 0.5) is 10.2 Å². The van der Waals surface area contributed by atoms with Crippen LogP contribution in [0.2, 0.25) is 0 Å². The highest BCUT2D eigenvalue weighted by Gasteiger charge is 2.19. The van der Waals surface area contributed by atoms with Crippen molar-refractivity contribution in [2.45, 2.75) is 58.8 Å². The molecular weight excluding hydrogens is 365 g/mol. The Hall–Kier alpha value is -1.98. The van der Waals surface area contributed by atoms with Crippen molar-refractivity contribution in [2.75, 3.05) is 31.1 Å². The fraction of sp³-hybridized carbons (Fsp3) is 0.542. The van der Waals surface area contributed by atoms with Crippen molar-refractivity contribution in [2.24, 2.45) is 0 Å². The van der Waals surface area contributed by atoms with Gasteiger partial charge < -0.3 is 10.1 Å². The number of aromatic nitrogens is 1. The Morgan fingerprint density at radius 1 is 0.966 bits per heavy atom. The van der Waals surface area contributed by atoms with E-state index in [1.165, 1.54) is 47.6 Å². The highest BCUT2D eigenvalue weighted by atomic mass is 19.1. The number of anilines is 1. The van der Waals surface area contributed by atoms with Gasteiger partial charge in [-0.3, -0.25) is 0 Å². The van der Waals surface area contributed by atoms with Crippen molar-refractivity contribution in [3.8, 4) is 11.1 Å². The molecule has 3 rings (SSSR count). The van der Waals surface area contributed by atoms with E-state index in [4.69, 9.17) is 4.98 Å². The first-order chi connectivity index (χ1) is 14.1. The SMILES string of the molecule is CCCN(CCN(O)CC)c1cc(-c2ccc(F)cc2)c2c(n1)CCCCCC2. The van der Waals surface area contributed by atoms with Gasteiger partial charge >= 0.3 is 0 Å². The third kappa shape index (κ3) is 5.77. The second kappa shape index (κ2) is 10.7. The number of hydrogen-bond donors (Lipinski definition) is 1. The molecule has 4 nitrogen and oxygen atoms in total. The zero-order chi connectivity index (χ0) is 20.6. The summed E-state index contributed by atoms with van der Waals surface area (Å²) in [5.74, 6) is 0.760. The smallest absolute Gasteiger partial charge is 0.129 e. The molecule has 0 radical (unpaired) electrons. The van der Waals surface area contributed by atoms with E-state index in [-0.39, 0.29) is 5.82 Å². The molecule has 0 saturated carbocycles. The van der Waals surface area contributed by atoms with Gasteiger partial charge in [0.05, 0.1) is 0 Å². The van der Waals surface area contributed by atoms with E-state index in [0.29, 0.717) is 13.1 Å². The average Bonchev–Trinajstić information content (AvgIpc) is 2.71. The van der Waals surface area contributed by atoms with Gasteiger partial charge in [-0.1, -0.05) is 38.8 Å². The van der Waals surface area contributed by atoms with Gasteiger partial charge in [-0.2, -0.15) is 5.06 Å². The minimum absolute atomic E-state index is 0.207. The number of aryl methyl sites for hydroxylation is 1. The molecule has 0 spiro atoms. The molecular formula is C24H34FN3O. The van der Waals surface area contributed by atoms with Gasteiger partial charge in [-0.15, -0.1) is 0 Å². The van der Waals surface area contributed by atoms with Gasteiger partial charge in [-0.05, 0) is 67.0 Å².